The molecule has 0 aromatic heterocycles. The Kier molecular flexibility index (Phi) is 21.5. The summed E-state index contributed by atoms with van der Waals surface area (Å²) < 4.78 is 0. The summed E-state index contributed by atoms with van der Waals surface area (Å²) in [5.41, 5.74) is 0. The van der Waals surface area contributed by atoms with Gasteiger partial charge in [0.15, 0.2) is 0 Å². The van der Waals surface area contributed by atoms with E-state index >= 15 is 0 Å². The summed E-state index contributed by atoms with van der Waals surface area (Å²) in [5, 5.41) is 0. The quantitative estimate of drug-likeness (QED) is 0.403. The van der Waals surface area contributed by atoms with Gasteiger partial charge in [-0.15, -0.1) is 0 Å². The molecule has 0 unspecified atom stereocenters. The molecule has 0 saturated carbocycles. The third kappa shape index (κ3) is 12.3. The van der Waals surface area contributed by atoms with Crippen LogP contribution in [0.3, 0.4) is 0 Å². The van der Waals surface area contributed by atoms with Gasteiger partial charge in [0, 0.05) is 0 Å². The van der Waals surface area contributed by atoms with Gasteiger partial charge >= 0.3 is 21.7 Å². The Morgan fingerprint density at radius 2 is 0.769 bits per heavy atom. The average molecular weight is 251 g/mol. The van der Waals surface area contributed by atoms with Crippen molar-refractivity contribution in [3.8, 4) is 0 Å². The molecule has 0 radical (unpaired) electrons. The van der Waals surface area contributed by atoms with E-state index in [1.165, 1.54) is 0 Å². The maximum Gasteiger partial charge on any atom is 2.00 e. The minimum Gasteiger partial charge on any atom is -1.00 e. The predicted molar refractivity (Wildman–Crippen MR) is 45.8 cm³/mol. The number of halogens is 2. The third-order valence-electron chi connectivity index (χ3n) is 1.31. The van der Waals surface area contributed by atoms with Gasteiger partial charge in [-0.05, 0) is 12.8 Å². The van der Waals surface area contributed by atoms with Crippen molar-refractivity contribution in [1.29, 1.82) is 0 Å². The fraction of sp³-hybridized carbons (Fsp3) is 0.200. The summed E-state index contributed by atoms with van der Waals surface area (Å²) in [6, 6.07) is 0. The van der Waals surface area contributed by atoms with Crippen LogP contribution < -0.4 is 24.8 Å². The molecule has 0 atom stereocenters. The van der Waals surface area contributed by atoms with Gasteiger partial charge in [-0.2, -0.15) is 0 Å². The van der Waals surface area contributed by atoms with Crippen LogP contribution in [0.25, 0.3) is 0 Å². The molecule has 70 valence electrons. The van der Waals surface area contributed by atoms with E-state index in [-0.39, 0.29) is 46.5 Å². The number of allylic oxidation sites excluding steroid dienone is 8. The number of rotatable bonds is 0. The Morgan fingerprint density at radius 1 is 0.538 bits per heavy atom. The number of hydrogen-bond donors (Lipinski definition) is 0. The zero-order valence-electron chi connectivity index (χ0n) is 7.29. The normalized spacial score (nSPS) is 13.5. The average Bonchev–Trinajstić information content (AvgIpc) is 2.67. The van der Waals surface area contributed by atoms with E-state index in [0.29, 0.717) is 0 Å². The van der Waals surface area contributed by atoms with Crippen LogP contribution in [-0.2, 0) is 21.7 Å². The smallest absolute Gasteiger partial charge is 1.00 e. The zero-order chi connectivity index (χ0) is 7.07. The molecule has 3 heteroatoms. The van der Waals surface area contributed by atoms with E-state index in [4.69, 9.17) is 0 Å². The first-order valence-corrected chi connectivity index (χ1v) is 3.63. The monoisotopic (exact) mass is 250 g/mol. The molecule has 0 aromatic rings. The molecule has 0 nitrogen and oxygen atoms in total. The van der Waals surface area contributed by atoms with Crippen LogP contribution >= 0.6 is 0 Å². The first kappa shape index (κ1) is 18.9. The first-order chi connectivity index (χ1) is 5.00. The Labute approximate surface area is 108 Å². The van der Waals surface area contributed by atoms with E-state index in [1.807, 2.05) is 0 Å². The molecule has 13 heavy (non-hydrogen) atoms. The number of hydrogen-bond acceptors (Lipinski definition) is 0. The molecule has 0 aromatic carbocycles. The Morgan fingerprint density at radius 3 is 0.846 bits per heavy atom. The molecule has 2 rings (SSSR count). The van der Waals surface area contributed by atoms with Crippen LogP contribution in [0.15, 0.2) is 48.6 Å². The minimum absolute atomic E-state index is 0. The second-order valence-electron chi connectivity index (χ2n) is 2.18. The topological polar surface area (TPSA) is 0 Å². The van der Waals surface area contributed by atoms with Crippen LogP contribution in [0.4, 0.5) is 0 Å². The van der Waals surface area contributed by atoms with Crippen LogP contribution in [0.2, 0.25) is 0 Å². The van der Waals surface area contributed by atoms with Crippen LogP contribution in [0, 0.1) is 0 Å². The molecule has 0 fully saturated rings. The van der Waals surface area contributed by atoms with Crippen LogP contribution in [-0.4, -0.2) is 0 Å². The molecule has 2 aliphatic carbocycles. The van der Waals surface area contributed by atoms with Gasteiger partial charge in [0.2, 0.25) is 0 Å². The van der Waals surface area contributed by atoms with Crippen molar-refractivity contribution in [2.45, 2.75) is 12.8 Å². The summed E-state index contributed by atoms with van der Waals surface area (Å²) in [4.78, 5) is 0. The SMILES string of the molecule is C1=CCC=C1.C1=CCC=C1.[Cl-].[Cl-].[Ti+2]. The van der Waals surface area contributed by atoms with Crippen molar-refractivity contribution in [2.75, 3.05) is 0 Å². The largest absolute Gasteiger partial charge is 2.00 e. The van der Waals surface area contributed by atoms with Gasteiger partial charge in [-0.1, -0.05) is 48.6 Å². The summed E-state index contributed by atoms with van der Waals surface area (Å²) in [6.07, 6.45) is 19.0. The minimum atomic E-state index is 0. The molecule has 2 aliphatic rings. The molecular formula is C10H12Cl2Ti. The van der Waals surface area contributed by atoms with E-state index < -0.39 is 0 Å². The first-order valence-electron chi connectivity index (χ1n) is 3.63. The Hall–Kier alpha value is 0.254. The zero-order valence-corrected chi connectivity index (χ0v) is 10.4. The van der Waals surface area contributed by atoms with E-state index in [0.717, 1.165) is 12.8 Å². The van der Waals surface area contributed by atoms with Crippen molar-refractivity contribution in [2.24, 2.45) is 0 Å². The van der Waals surface area contributed by atoms with Crippen molar-refractivity contribution in [1.82, 2.24) is 0 Å². The summed E-state index contributed by atoms with van der Waals surface area (Å²) in [6.45, 7) is 0. The van der Waals surface area contributed by atoms with Gasteiger partial charge in [-0.3, -0.25) is 0 Å². The standard InChI is InChI=1S/2C5H6.2ClH.Ti/c2*1-2-4-5-3-1;;;/h2*1-4H,5H2;2*1H;/q;;;;+2/p-2. The molecule has 0 aliphatic heterocycles. The fourth-order valence-electron chi connectivity index (χ4n) is 0.786. The van der Waals surface area contributed by atoms with E-state index in [2.05, 4.69) is 48.6 Å². The van der Waals surface area contributed by atoms with Gasteiger partial charge in [0.1, 0.15) is 0 Å². The van der Waals surface area contributed by atoms with Crippen molar-refractivity contribution in [3.63, 3.8) is 0 Å². The maximum atomic E-state index is 2.12. The maximum absolute atomic E-state index is 2.12. The molecule has 0 heterocycles. The summed E-state index contributed by atoms with van der Waals surface area (Å²) in [5.74, 6) is 0. The van der Waals surface area contributed by atoms with Gasteiger partial charge in [-0.25, -0.2) is 0 Å². The molecule has 0 bridgehead atoms. The van der Waals surface area contributed by atoms with Crippen LogP contribution in [0.5, 0.6) is 0 Å². The van der Waals surface area contributed by atoms with Gasteiger partial charge in [0.05, 0.1) is 0 Å². The predicted octanol–water partition coefficient (Wildman–Crippen LogP) is -2.99. The van der Waals surface area contributed by atoms with E-state index in [1.54, 1.807) is 0 Å². The molecule has 0 saturated heterocycles. The second-order valence-corrected chi connectivity index (χ2v) is 2.18. The van der Waals surface area contributed by atoms with Crippen molar-refractivity contribution in [3.05, 3.63) is 48.6 Å². The van der Waals surface area contributed by atoms with Gasteiger partial charge < -0.3 is 24.8 Å². The van der Waals surface area contributed by atoms with Crippen molar-refractivity contribution >= 4 is 0 Å². The third-order valence-corrected chi connectivity index (χ3v) is 1.31. The van der Waals surface area contributed by atoms with Gasteiger partial charge in [0.25, 0.3) is 0 Å². The fourth-order valence-corrected chi connectivity index (χ4v) is 0.786. The molecular weight excluding hydrogens is 239 g/mol. The molecule has 0 amide bonds. The van der Waals surface area contributed by atoms with E-state index in [9.17, 15) is 0 Å². The molecule has 0 spiro atoms. The Balaban J connectivity index is -0.000000125. The Bertz CT molecular complexity index is 151. The van der Waals surface area contributed by atoms with Crippen molar-refractivity contribution < 1.29 is 46.5 Å². The van der Waals surface area contributed by atoms with Crippen LogP contribution in [0.1, 0.15) is 12.8 Å². The second kappa shape index (κ2) is 14.8. The summed E-state index contributed by atoms with van der Waals surface area (Å²) >= 11 is 0. The molecule has 0 N–H and O–H groups in total. The summed E-state index contributed by atoms with van der Waals surface area (Å²) in [7, 11) is 0.